The van der Waals surface area contributed by atoms with Gasteiger partial charge in [0, 0.05) is 23.6 Å². The van der Waals surface area contributed by atoms with Gasteiger partial charge in [0.2, 0.25) is 17.7 Å². The third-order valence-electron chi connectivity index (χ3n) is 7.07. The number of nitrogens with zero attached hydrogens (tertiary/aromatic N) is 3. The monoisotopic (exact) mass is 498 g/mol. The van der Waals surface area contributed by atoms with E-state index in [0.29, 0.717) is 30.1 Å². The second-order valence-electron chi connectivity index (χ2n) is 9.39. The number of nitrogens with two attached hydrogens (primary N) is 1. The van der Waals surface area contributed by atoms with Crippen LogP contribution >= 0.6 is 11.5 Å². The van der Waals surface area contributed by atoms with Crippen LogP contribution in [0.4, 0.5) is 5.00 Å². The molecule has 2 aromatic rings. The van der Waals surface area contributed by atoms with E-state index in [1.807, 2.05) is 37.3 Å². The minimum atomic E-state index is -0.654. The number of rotatable bonds is 8. The first-order chi connectivity index (χ1) is 17.0. The number of amides is 3. The van der Waals surface area contributed by atoms with Gasteiger partial charge in [0.15, 0.2) is 0 Å². The van der Waals surface area contributed by atoms with Crippen LogP contribution in [0.25, 0.3) is 11.3 Å². The number of aromatic nitrogens is 2. The Morgan fingerprint density at radius 2 is 1.86 bits per heavy atom. The van der Waals surface area contributed by atoms with Crippen LogP contribution in [0.5, 0.6) is 0 Å². The van der Waals surface area contributed by atoms with Crippen LogP contribution in [0.1, 0.15) is 58.3 Å². The van der Waals surface area contributed by atoms with Gasteiger partial charge in [0.25, 0.3) is 0 Å². The van der Waals surface area contributed by atoms with E-state index in [2.05, 4.69) is 20.2 Å². The summed E-state index contributed by atoms with van der Waals surface area (Å²) in [5.74, 6) is -0.682. The molecule has 2 heterocycles. The Morgan fingerprint density at radius 3 is 2.57 bits per heavy atom. The smallest absolute Gasteiger partial charge is 0.247 e. The zero-order chi connectivity index (χ0) is 24.8. The summed E-state index contributed by atoms with van der Waals surface area (Å²) in [6, 6.07) is 7.64. The molecule has 10 heteroatoms. The summed E-state index contributed by atoms with van der Waals surface area (Å²) in [5, 5.41) is 10.6. The average molecular weight is 499 g/mol. The molecule has 1 aliphatic carbocycles. The average Bonchev–Trinajstić information content (AvgIpc) is 3.57. The van der Waals surface area contributed by atoms with Crippen molar-refractivity contribution in [2.45, 2.75) is 76.4 Å². The molecule has 2 aliphatic rings. The summed E-state index contributed by atoms with van der Waals surface area (Å²) in [6.07, 6.45) is 6.79. The van der Waals surface area contributed by atoms with E-state index >= 15 is 0 Å². The van der Waals surface area contributed by atoms with Crippen LogP contribution in [-0.2, 0) is 14.4 Å². The maximum atomic E-state index is 13.8. The van der Waals surface area contributed by atoms with E-state index in [0.717, 1.165) is 55.6 Å². The molecule has 0 unspecified atom stereocenters. The molecule has 4 N–H and O–H groups in total. The zero-order valence-electron chi connectivity index (χ0n) is 20.1. The third kappa shape index (κ3) is 5.87. The van der Waals surface area contributed by atoms with Crippen molar-refractivity contribution in [1.29, 1.82) is 0 Å². The van der Waals surface area contributed by atoms with Crippen LogP contribution in [0.15, 0.2) is 30.3 Å². The molecule has 35 heavy (non-hydrogen) atoms. The summed E-state index contributed by atoms with van der Waals surface area (Å²) in [6.45, 7) is 2.34. The normalized spacial score (nSPS) is 20.3. The molecule has 9 nitrogen and oxygen atoms in total. The Bertz CT molecular complexity index is 1020. The molecule has 3 atom stereocenters. The lowest BCUT2D eigenvalue weighted by Crippen LogP contribution is -2.57. The molecule has 0 bridgehead atoms. The number of carbonyl (C=O) groups excluding carboxylic acids is 3. The van der Waals surface area contributed by atoms with Gasteiger partial charge in [-0.2, -0.15) is 0 Å². The molecular formula is C25H34N6O3S. The summed E-state index contributed by atoms with van der Waals surface area (Å²) in [5.41, 5.74) is 7.43. The summed E-state index contributed by atoms with van der Waals surface area (Å²) >= 11 is 1.12. The molecule has 0 radical (unpaired) electrons. The fourth-order valence-corrected chi connectivity index (χ4v) is 5.62. The Labute approximate surface area is 210 Å². The van der Waals surface area contributed by atoms with Crippen molar-refractivity contribution < 1.29 is 14.4 Å². The molecule has 1 saturated heterocycles. The van der Waals surface area contributed by atoms with E-state index in [1.54, 1.807) is 4.90 Å². The fraction of sp³-hybridized carbons (Fsp3) is 0.560. The highest BCUT2D eigenvalue weighted by Crippen LogP contribution is 2.31. The lowest BCUT2D eigenvalue weighted by atomic mass is 9.83. The summed E-state index contributed by atoms with van der Waals surface area (Å²) in [4.78, 5) is 41.4. The number of benzene rings is 1. The van der Waals surface area contributed by atoms with Crippen molar-refractivity contribution in [1.82, 2.24) is 19.8 Å². The Hall–Kier alpha value is -2.85. The Morgan fingerprint density at radius 1 is 1.11 bits per heavy atom. The van der Waals surface area contributed by atoms with Gasteiger partial charge in [-0.3, -0.25) is 14.4 Å². The van der Waals surface area contributed by atoms with Gasteiger partial charge < -0.3 is 21.3 Å². The van der Waals surface area contributed by atoms with Crippen molar-refractivity contribution in [3.63, 3.8) is 0 Å². The molecule has 2 fully saturated rings. The molecule has 4 rings (SSSR count). The second-order valence-corrected chi connectivity index (χ2v) is 10.1. The van der Waals surface area contributed by atoms with Gasteiger partial charge in [-0.15, -0.1) is 5.10 Å². The highest BCUT2D eigenvalue weighted by molar-refractivity contribution is 7.10. The second kappa shape index (κ2) is 11.7. The standard InChI is InChI=1S/C25H34N6O3S/c1-2-18(26)22(32)27-21(17-12-7-4-8-13-17)25(34)31-15-9-14-19(31)23(33)28-24-20(29-30-35-24)16-10-5-3-6-11-16/h3,5-6,10-11,17-19,21H,2,4,7-9,12-15,26H2,1H3,(H,27,32)(H,28,33)/t18-,19-,21-/m0/s1. The van der Waals surface area contributed by atoms with Crippen LogP contribution in [-0.4, -0.2) is 56.9 Å². The number of likely N-dealkylation sites (tertiary alicyclic amines) is 1. The predicted molar refractivity (Wildman–Crippen MR) is 135 cm³/mol. The van der Waals surface area contributed by atoms with E-state index in [-0.39, 0.29) is 23.6 Å². The molecule has 188 valence electrons. The predicted octanol–water partition coefficient (Wildman–Crippen LogP) is 2.94. The van der Waals surface area contributed by atoms with Gasteiger partial charge in [0.05, 0.1) is 6.04 Å². The number of hydrogen-bond donors (Lipinski definition) is 3. The van der Waals surface area contributed by atoms with Crippen molar-refractivity contribution >= 4 is 34.3 Å². The first kappa shape index (κ1) is 25.2. The zero-order valence-corrected chi connectivity index (χ0v) is 20.9. The van der Waals surface area contributed by atoms with Gasteiger partial charge in [-0.25, -0.2) is 0 Å². The van der Waals surface area contributed by atoms with E-state index in [4.69, 9.17) is 5.73 Å². The van der Waals surface area contributed by atoms with Gasteiger partial charge in [0.1, 0.15) is 22.8 Å². The van der Waals surface area contributed by atoms with E-state index < -0.39 is 18.1 Å². The summed E-state index contributed by atoms with van der Waals surface area (Å²) < 4.78 is 4.02. The number of hydrogen-bond acceptors (Lipinski definition) is 7. The Kier molecular flexibility index (Phi) is 8.46. The van der Waals surface area contributed by atoms with Crippen molar-refractivity contribution in [2.24, 2.45) is 11.7 Å². The molecular weight excluding hydrogens is 464 g/mol. The number of carbonyl (C=O) groups is 3. The maximum absolute atomic E-state index is 13.8. The maximum Gasteiger partial charge on any atom is 0.247 e. The van der Waals surface area contributed by atoms with Crippen molar-refractivity contribution in [3.8, 4) is 11.3 Å². The van der Waals surface area contributed by atoms with Crippen LogP contribution in [0, 0.1) is 5.92 Å². The lowest BCUT2D eigenvalue weighted by Gasteiger charge is -2.35. The van der Waals surface area contributed by atoms with Gasteiger partial charge in [-0.05, 0) is 38.0 Å². The first-order valence-corrected chi connectivity index (χ1v) is 13.3. The molecule has 1 saturated carbocycles. The number of nitrogens with one attached hydrogen (secondary N) is 2. The Balaban J connectivity index is 1.50. The quantitative estimate of drug-likeness (QED) is 0.513. The highest BCUT2D eigenvalue weighted by Gasteiger charge is 2.41. The molecule has 1 aliphatic heterocycles. The minimum Gasteiger partial charge on any atom is -0.343 e. The van der Waals surface area contributed by atoms with Crippen LogP contribution < -0.4 is 16.4 Å². The van der Waals surface area contributed by atoms with E-state index in [9.17, 15) is 14.4 Å². The lowest BCUT2D eigenvalue weighted by molar-refractivity contribution is -0.142. The van der Waals surface area contributed by atoms with Crippen LogP contribution in [0.3, 0.4) is 0 Å². The molecule has 3 amide bonds. The topological polar surface area (TPSA) is 130 Å². The molecule has 1 aromatic carbocycles. The first-order valence-electron chi connectivity index (χ1n) is 12.5. The fourth-order valence-electron chi connectivity index (χ4n) is 5.03. The SMILES string of the molecule is CC[C@H](N)C(=O)N[C@H](C(=O)N1CCC[C@H]1C(=O)Nc1snnc1-c1ccccc1)C1CCCCC1. The van der Waals surface area contributed by atoms with E-state index in [1.165, 1.54) is 0 Å². The number of anilines is 1. The van der Waals surface area contributed by atoms with Crippen LogP contribution in [0.2, 0.25) is 0 Å². The van der Waals surface area contributed by atoms with Gasteiger partial charge in [-0.1, -0.05) is 61.0 Å². The summed E-state index contributed by atoms with van der Waals surface area (Å²) in [7, 11) is 0. The minimum absolute atomic E-state index is 0.0592. The molecule has 1 aromatic heterocycles. The largest absolute Gasteiger partial charge is 0.343 e. The third-order valence-corrected chi connectivity index (χ3v) is 7.71. The van der Waals surface area contributed by atoms with Gasteiger partial charge >= 0.3 is 0 Å². The molecule has 0 spiro atoms. The van der Waals surface area contributed by atoms with Crippen molar-refractivity contribution in [3.05, 3.63) is 30.3 Å². The highest BCUT2D eigenvalue weighted by atomic mass is 32.1. The van der Waals surface area contributed by atoms with Crippen molar-refractivity contribution in [2.75, 3.05) is 11.9 Å².